The van der Waals surface area contributed by atoms with Crippen molar-refractivity contribution in [2.24, 2.45) is 0 Å². The van der Waals surface area contributed by atoms with Crippen molar-refractivity contribution in [1.82, 2.24) is 5.32 Å². The highest BCUT2D eigenvalue weighted by atomic mass is 16.5. The molecule has 0 saturated carbocycles. The summed E-state index contributed by atoms with van der Waals surface area (Å²) in [4.78, 5) is 23.0. The van der Waals surface area contributed by atoms with Crippen molar-refractivity contribution in [3.05, 3.63) is 60.2 Å². The molecule has 24 heavy (non-hydrogen) atoms. The molecule has 0 aromatic heterocycles. The van der Waals surface area contributed by atoms with Gasteiger partial charge < -0.3 is 15.4 Å². The van der Waals surface area contributed by atoms with Crippen LogP contribution < -0.4 is 15.4 Å². The Kier molecular flexibility index (Phi) is 6.83. The van der Waals surface area contributed by atoms with Gasteiger partial charge in [-0.3, -0.25) is 9.59 Å². The van der Waals surface area contributed by atoms with E-state index in [0.717, 1.165) is 12.8 Å². The SMILES string of the molecule is CC(=O)Nc1ccccc1OCC(=O)NCCCc1ccccc1. The first-order valence-corrected chi connectivity index (χ1v) is 7.95. The van der Waals surface area contributed by atoms with E-state index in [2.05, 4.69) is 22.8 Å². The Labute approximate surface area is 142 Å². The van der Waals surface area contributed by atoms with Crippen LogP contribution in [0.5, 0.6) is 5.75 Å². The van der Waals surface area contributed by atoms with Gasteiger partial charge in [-0.25, -0.2) is 0 Å². The van der Waals surface area contributed by atoms with Crippen LogP contribution in [-0.2, 0) is 16.0 Å². The number of rotatable bonds is 8. The summed E-state index contributed by atoms with van der Waals surface area (Å²) in [7, 11) is 0. The highest BCUT2D eigenvalue weighted by Crippen LogP contribution is 2.23. The normalized spacial score (nSPS) is 10.0. The molecule has 5 heteroatoms. The van der Waals surface area contributed by atoms with Crippen molar-refractivity contribution >= 4 is 17.5 Å². The molecule has 0 atom stereocenters. The number of carbonyl (C=O) groups is 2. The number of carbonyl (C=O) groups excluding carboxylic acids is 2. The minimum atomic E-state index is -0.184. The van der Waals surface area contributed by atoms with Crippen LogP contribution >= 0.6 is 0 Å². The Bertz CT molecular complexity index is 671. The maximum absolute atomic E-state index is 11.8. The molecule has 2 rings (SSSR count). The van der Waals surface area contributed by atoms with E-state index in [4.69, 9.17) is 4.74 Å². The number of benzene rings is 2. The van der Waals surface area contributed by atoms with Crippen molar-refractivity contribution in [2.75, 3.05) is 18.5 Å². The van der Waals surface area contributed by atoms with Crippen molar-refractivity contribution in [2.45, 2.75) is 19.8 Å². The Morgan fingerprint density at radius 3 is 2.46 bits per heavy atom. The molecule has 126 valence electrons. The maximum atomic E-state index is 11.8. The fourth-order valence-corrected chi connectivity index (χ4v) is 2.24. The zero-order chi connectivity index (χ0) is 17.2. The van der Waals surface area contributed by atoms with Gasteiger partial charge in [0.15, 0.2) is 6.61 Å². The maximum Gasteiger partial charge on any atom is 0.257 e. The monoisotopic (exact) mass is 326 g/mol. The zero-order valence-corrected chi connectivity index (χ0v) is 13.7. The standard InChI is InChI=1S/C19H22N2O3/c1-15(22)21-17-11-5-6-12-18(17)24-14-19(23)20-13-7-10-16-8-3-2-4-9-16/h2-6,8-9,11-12H,7,10,13-14H2,1H3,(H,20,23)(H,21,22). The molecule has 0 unspecified atom stereocenters. The minimum Gasteiger partial charge on any atom is -0.482 e. The van der Waals surface area contributed by atoms with Gasteiger partial charge in [-0.15, -0.1) is 0 Å². The Hall–Kier alpha value is -2.82. The van der Waals surface area contributed by atoms with Crippen molar-refractivity contribution in [1.29, 1.82) is 0 Å². The molecule has 0 heterocycles. The molecular formula is C19H22N2O3. The number of hydrogen-bond donors (Lipinski definition) is 2. The lowest BCUT2D eigenvalue weighted by molar-refractivity contribution is -0.123. The van der Waals surface area contributed by atoms with Gasteiger partial charge in [0.05, 0.1) is 5.69 Å². The predicted molar refractivity (Wildman–Crippen MR) is 94.0 cm³/mol. The third-order valence-corrected chi connectivity index (χ3v) is 3.36. The third-order valence-electron chi connectivity index (χ3n) is 3.36. The fraction of sp³-hybridized carbons (Fsp3) is 0.263. The van der Waals surface area contributed by atoms with E-state index in [1.807, 2.05) is 18.2 Å². The number of nitrogens with one attached hydrogen (secondary N) is 2. The van der Waals surface area contributed by atoms with Gasteiger partial charge in [0, 0.05) is 13.5 Å². The first-order valence-electron chi connectivity index (χ1n) is 7.95. The van der Waals surface area contributed by atoms with Crippen LogP contribution in [0, 0.1) is 0 Å². The smallest absolute Gasteiger partial charge is 0.257 e. The van der Waals surface area contributed by atoms with Gasteiger partial charge in [0.1, 0.15) is 5.75 Å². The Balaban J connectivity index is 1.70. The quantitative estimate of drug-likeness (QED) is 0.733. The summed E-state index contributed by atoms with van der Waals surface area (Å²) in [5.74, 6) is 0.115. The van der Waals surface area contributed by atoms with Crippen LogP contribution in [0.15, 0.2) is 54.6 Å². The summed E-state index contributed by atoms with van der Waals surface area (Å²) < 4.78 is 5.49. The van der Waals surface area contributed by atoms with Gasteiger partial charge in [-0.05, 0) is 30.5 Å². The summed E-state index contributed by atoms with van der Waals surface area (Å²) in [6.07, 6.45) is 1.80. The Morgan fingerprint density at radius 2 is 1.71 bits per heavy atom. The van der Waals surface area contributed by atoms with Gasteiger partial charge in [0.2, 0.25) is 5.91 Å². The van der Waals surface area contributed by atoms with E-state index in [9.17, 15) is 9.59 Å². The lowest BCUT2D eigenvalue weighted by Gasteiger charge is -2.11. The van der Waals surface area contributed by atoms with E-state index < -0.39 is 0 Å². The molecule has 0 aliphatic carbocycles. The van der Waals surface area contributed by atoms with Gasteiger partial charge in [-0.1, -0.05) is 42.5 Å². The third kappa shape index (κ3) is 6.12. The molecule has 0 bridgehead atoms. The summed E-state index contributed by atoms with van der Waals surface area (Å²) in [5, 5.41) is 5.50. The predicted octanol–water partition coefficient (Wildman–Crippen LogP) is 2.77. The molecule has 0 aliphatic rings. The number of hydrogen-bond acceptors (Lipinski definition) is 3. The molecule has 0 spiro atoms. The van der Waals surface area contributed by atoms with Gasteiger partial charge in [-0.2, -0.15) is 0 Å². The van der Waals surface area contributed by atoms with Crippen LogP contribution in [0.3, 0.4) is 0 Å². The van der Waals surface area contributed by atoms with Crippen LogP contribution in [0.1, 0.15) is 18.9 Å². The molecule has 2 N–H and O–H groups in total. The molecule has 2 aromatic rings. The van der Waals surface area contributed by atoms with Crippen molar-refractivity contribution < 1.29 is 14.3 Å². The van der Waals surface area contributed by atoms with Crippen LogP contribution in [-0.4, -0.2) is 25.0 Å². The number of aryl methyl sites for hydroxylation is 1. The number of ether oxygens (including phenoxy) is 1. The lowest BCUT2D eigenvalue weighted by Crippen LogP contribution is -2.30. The molecule has 0 radical (unpaired) electrons. The lowest BCUT2D eigenvalue weighted by atomic mass is 10.1. The molecule has 0 saturated heterocycles. The van der Waals surface area contributed by atoms with Gasteiger partial charge >= 0.3 is 0 Å². The molecule has 2 aromatic carbocycles. The largest absolute Gasteiger partial charge is 0.482 e. The van der Waals surface area contributed by atoms with Crippen LogP contribution in [0.4, 0.5) is 5.69 Å². The number of amides is 2. The second-order valence-electron chi connectivity index (χ2n) is 5.41. The fourth-order valence-electron chi connectivity index (χ4n) is 2.24. The second kappa shape index (κ2) is 9.35. The summed E-state index contributed by atoms with van der Waals surface area (Å²) >= 11 is 0. The van der Waals surface area contributed by atoms with E-state index in [0.29, 0.717) is 18.0 Å². The second-order valence-corrected chi connectivity index (χ2v) is 5.41. The number of para-hydroxylation sites is 2. The Morgan fingerprint density at radius 1 is 1.00 bits per heavy atom. The topological polar surface area (TPSA) is 67.4 Å². The highest BCUT2D eigenvalue weighted by molar-refractivity contribution is 5.90. The van der Waals surface area contributed by atoms with Crippen LogP contribution in [0.25, 0.3) is 0 Å². The summed E-state index contributed by atoms with van der Waals surface area (Å²) in [6.45, 7) is 1.95. The average Bonchev–Trinajstić information content (AvgIpc) is 2.58. The molecule has 5 nitrogen and oxygen atoms in total. The highest BCUT2D eigenvalue weighted by Gasteiger charge is 2.07. The van der Waals surface area contributed by atoms with Crippen molar-refractivity contribution in [3.63, 3.8) is 0 Å². The average molecular weight is 326 g/mol. The van der Waals surface area contributed by atoms with Crippen molar-refractivity contribution in [3.8, 4) is 5.75 Å². The molecule has 0 aliphatic heterocycles. The molecule has 0 fully saturated rings. The first kappa shape index (κ1) is 17.5. The molecular weight excluding hydrogens is 304 g/mol. The van der Waals surface area contributed by atoms with E-state index in [1.165, 1.54) is 12.5 Å². The zero-order valence-electron chi connectivity index (χ0n) is 13.7. The van der Waals surface area contributed by atoms with E-state index in [-0.39, 0.29) is 18.4 Å². The summed E-state index contributed by atoms with van der Waals surface area (Å²) in [5.41, 5.74) is 1.81. The van der Waals surface area contributed by atoms with Gasteiger partial charge in [0.25, 0.3) is 5.91 Å². The summed E-state index contributed by atoms with van der Waals surface area (Å²) in [6, 6.07) is 17.2. The first-order chi connectivity index (χ1) is 11.6. The number of anilines is 1. The van der Waals surface area contributed by atoms with E-state index in [1.54, 1.807) is 24.3 Å². The molecule has 2 amide bonds. The van der Waals surface area contributed by atoms with Crippen LogP contribution in [0.2, 0.25) is 0 Å². The minimum absolute atomic E-state index is 0.0814. The van der Waals surface area contributed by atoms with E-state index >= 15 is 0 Å².